The number of aromatic nitrogens is 4. The molecule has 0 aliphatic rings. The van der Waals surface area contributed by atoms with Crippen LogP contribution in [-0.4, -0.2) is 26.8 Å². The Labute approximate surface area is 90.1 Å². The lowest BCUT2D eigenvalue weighted by Gasteiger charge is -1.99. The fourth-order valence-electron chi connectivity index (χ4n) is 1.02. The second-order valence-corrected chi connectivity index (χ2v) is 3.63. The maximum atomic E-state index is 5.36. The van der Waals surface area contributed by atoms with Crippen molar-refractivity contribution in [3.63, 3.8) is 0 Å². The molecule has 1 aromatic heterocycles. The predicted octanol–water partition coefficient (Wildman–Crippen LogP) is 1.87. The SMILES string of the molecule is CCCCOCn1nnc(C=C(C)C)n1. The van der Waals surface area contributed by atoms with Gasteiger partial charge in [0.05, 0.1) is 0 Å². The standard InChI is InChI=1S/C10H18N4O/c1-4-5-6-15-8-14-12-10(11-13-14)7-9(2)3/h7H,4-6,8H2,1-3H3. The molecule has 0 fully saturated rings. The molecule has 15 heavy (non-hydrogen) atoms. The molecule has 1 aromatic rings. The smallest absolute Gasteiger partial charge is 0.197 e. The predicted molar refractivity (Wildman–Crippen MR) is 58.0 cm³/mol. The highest BCUT2D eigenvalue weighted by atomic mass is 16.5. The summed E-state index contributed by atoms with van der Waals surface area (Å²) in [5, 5.41) is 11.9. The van der Waals surface area contributed by atoms with Gasteiger partial charge in [0.1, 0.15) is 0 Å². The Balaban J connectivity index is 2.36. The van der Waals surface area contributed by atoms with Crippen LogP contribution in [0.5, 0.6) is 0 Å². The van der Waals surface area contributed by atoms with Gasteiger partial charge in [-0.1, -0.05) is 18.9 Å². The van der Waals surface area contributed by atoms with Crippen LogP contribution in [0.4, 0.5) is 0 Å². The number of unbranched alkanes of at least 4 members (excludes halogenated alkanes) is 1. The lowest BCUT2D eigenvalue weighted by atomic mass is 10.3. The number of tetrazole rings is 1. The molecular formula is C10H18N4O. The van der Waals surface area contributed by atoms with Crippen molar-refractivity contribution in [1.82, 2.24) is 20.2 Å². The topological polar surface area (TPSA) is 52.8 Å². The molecule has 0 unspecified atom stereocenters. The average molecular weight is 210 g/mol. The molecule has 0 amide bonds. The zero-order valence-corrected chi connectivity index (χ0v) is 9.60. The van der Waals surface area contributed by atoms with Crippen LogP contribution >= 0.6 is 0 Å². The largest absolute Gasteiger partial charge is 0.357 e. The second-order valence-electron chi connectivity index (χ2n) is 3.63. The highest BCUT2D eigenvalue weighted by molar-refractivity contribution is 5.41. The maximum Gasteiger partial charge on any atom is 0.197 e. The van der Waals surface area contributed by atoms with Crippen molar-refractivity contribution in [2.24, 2.45) is 0 Å². The third-order valence-electron chi connectivity index (χ3n) is 1.74. The Morgan fingerprint density at radius 2 is 2.27 bits per heavy atom. The average Bonchev–Trinajstić information content (AvgIpc) is 2.59. The number of nitrogens with zero attached hydrogens (tertiary/aromatic N) is 4. The van der Waals surface area contributed by atoms with Crippen LogP contribution in [0.15, 0.2) is 5.57 Å². The molecule has 0 radical (unpaired) electrons. The van der Waals surface area contributed by atoms with Gasteiger partial charge in [0.15, 0.2) is 12.6 Å². The zero-order valence-electron chi connectivity index (χ0n) is 9.60. The summed E-state index contributed by atoms with van der Waals surface area (Å²) in [6.45, 7) is 7.25. The third-order valence-corrected chi connectivity index (χ3v) is 1.74. The number of rotatable bonds is 6. The van der Waals surface area contributed by atoms with E-state index in [0.29, 0.717) is 12.6 Å². The Bertz CT molecular complexity index is 315. The summed E-state index contributed by atoms with van der Waals surface area (Å²) < 4.78 is 5.36. The van der Waals surface area contributed by atoms with Crippen LogP contribution in [0.3, 0.4) is 0 Å². The van der Waals surface area contributed by atoms with E-state index >= 15 is 0 Å². The molecule has 0 atom stereocenters. The molecule has 0 saturated carbocycles. The number of hydrogen-bond acceptors (Lipinski definition) is 4. The molecule has 5 heteroatoms. The summed E-state index contributed by atoms with van der Waals surface area (Å²) in [5.74, 6) is 0.633. The minimum atomic E-state index is 0.379. The van der Waals surface area contributed by atoms with Gasteiger partial charge in [-0.2, -0.15) is 0 Å². The fourth-order valence-corrected chi connectivity index (χ4v) is 1.02. The molecule has 0 aliphatic carbocycles. The molecule has 0 saturated heterocycles. The van der Waals surface area contributed by atoms with Gasteiger partial charge in [-0.3, -0.25) is 0 Å². The van der Waals surface area contributed by atoms with Gasteiger partial charge in [-0.25, -0.2) is 0 Å². The van der Waals surface area contributed by atoms with E-state index in [4.69, 9.17) is 4.74 Å². The van der Waals surface area contributed by atoms with Crippen LogP contribution < -0.4 is 0 Å². The molecule has 0 spiro atoms. The molecule has 84 valence electrons. The van der Waals surface area contributed by atoms with Gasteiger partial charge in [0.25, 0.3) is 0 Å². The normalized spacial score (nSPS) is 10.3. The van der Waals surface area contributed by atoms with Crippen LogP contribution in [0.1, 0.15) is 39.4 Å². The van der Waals surface area contributed by atoms with Gasteiger partial charge in [0, 0.05) is 6.61 Å². The fraction of sp³-hybridized carbons (Fsp3) is 0.700. The van der Waals surface area contributed by atoms with Crippen molar-refractivity contribution in [3.05, 3.63) is 11.4 Å². The maximum absolute atomic E-state index is 5.36. The van der Waals surface area contributed by atoms with Gasteiger partial charge < -0.3 is 4.74 Å². The van der Waals surface area contributed by atoms with E-state index in [2.05, 4.69) is 22.3 Å². The van der Waals surface area contributed by atoms with E-state index in [9.17, 15) is 0 Å². The minimum Gasteiger partial charge on any atom is -0.357 e. The molecule has 0 bridgehead atoms. The number of hydrogen-bond donors (Lipinski definition) is 0. The first-order valence-electron chi connectivity index (χ1n) is 5.23. The first-order chi connectivity index (χ1) is 7.22. The summed E-state index contributed by atoms with van der Waals surface area (Å²) in [6.07, 6.45) is 4.08. The van der Waals surface area contributed by atoms with Crippen LogP contribution in [0.25, 0.3) is 6.08 Å². The second kappa shape index (κ2) is 6.29. The highest BCUT2D eigenvalue weighted by Crippen LogP contribution is 1.97. The van der Waals surface area contributed by atoms with E-state index in [1.807, 2.05) is 19.9 Å². The van der Waals surface area contributed by atoms with Crippen molar-refractivity contribution in [2.45, 2.75) is 40.3 Å². The van der Waals surface area contributed by atoms with Crippen molar-refractivity contribution in [2.75, 3.05) is 6.61 Å². The zero-order chi connectivity index (χ0) is 11.1. The first-order valence-corrected chi connectivity index (χ1v) is 5.23. The van der Waals surface area contributed by atoms with Crippen molar-refractivity contribution in [1.29, 1.82) is 0 Å². The highest BCUT2D eigenvalue weighted by Gasteiger charge is 1.98. The van der Waals surface area contributed by atoms with E-state index < -0.39 is 0 Å². The van der Waals surface area contributed by atoms with Gasteiger partial charge in [-0.05, 0) is 31.6 Å². The van der Waals surface area contributed by atoms with E-state index in [1.165, 1.54) is 4.80 Å². The van der Waals surface area contributed by atoms with E-state index in [0.717, 1.165) is 25.0 Å². The summed E-state index contributed by atoms with van der Waals surface area (Å²) in [6, 6.07) is 0. The molecule has 1 heterocycles. The van der Waals surface area contributed by atoms with Crippen LogP contribution in [-0.2, 0) is 11.5 Å². The number of ether oxygens (including phenoxy) is 1. The quantitative estimate of drug-likeness (QED) is 0.673. The van der Waals surface area contributed by atoms with Gasteiger partial charge in [-0.15, -0.1) is 15.0 Å². The Morgan fingerprint density at radius 3 is 2.93 bits per heavy atom. The first kappa shape index (κ1) is 11.8. The molecule has 0 aliphatic heterocycles. The Kier molecular flexibility index (Phi) is 4.97. The van der Waals surface area contributed by atoms with Gasteiger partial charge in [0.2, 0.25) is 0 Å². The summed E-state index contributed by atoms with van der Waals surface area (Å²) >= 11 is 0. The molecule has 1 rings (SSSR count). The summed E-state index contributed by atoms with van der Waals surface area (Å²) in [7, 11) is 0. The Morgan fingerprint density at radius 1 is 1.47 bits per heavy atom. The van der Waals surface area contributed by atoms with Crippen molar-refractivity contribution < 1.29 is 4.74 Å². The van der Waals surface area contributed by atoms with Crippen molar-refractivity contribution >= 4 is 6.08 Å². The van der Waals surface area contributed by atoms with Gasteiger partial charge >= 0.3 is 0 Å². The van der Waals surface area contributed by atoms with Crippen molar-refractivity contribution in [3.8, 4) is 0 Å². The number of allylic oxidation sites excluding steroid dienone is 1. The van der Waals surface area contributed by atoms with E-state index in [-0.39, 0.29) is 0 Å². The molecule has 5 nitrogen and oxygen atoms in total. The molecule has 0 aromatic carbocycles. The van der Waals surface area contributed by atoms with E-state index in [1.54, 1.807) is 0 Å². The molecular weight excluding hydrogens is 192 g/mol. The third kappa shape index (κ3) is 4.69. The molecule has 0 N–H and O–H groups in total. The summed E-state index contributed by atoms with van der Waals surface area (Å²) in [4.78, 5) is 1.46. The lowest BCUT2D eigenvalue weighted by Crippen LogP contribution is -2.07. The minimum absolute atomic E-state index is 0.379. The summed E-state index contributed by atoms with van der Waals surface area (Å²) in [5.41, 5.74) is 1.15. The lowest BCUT2D eigenvalue weighted by molar-refractivity contribution is 0.0563. The van der Waals surface area contributed by atoms with Crippen LogP contribution in [0, 0.1) is 0 Å². The van der Waals surface area contributed by atoms with Crippen LogP contribution in [0.2, 0.25) is 0 Å². The monoisotopic (exact) mass is 210 g/mol. The Hall–Kier alpha value is -1.23.